The molecular weight excluding hydrogens is 158 g/mol. The van der Waals surface area contributed by atoms with Crippen molar-refractivity contribution in [2.45, 2.75) is 6.92 Å². The molecule has 1 amide bonds. The van der Waals surface area contributed by atoms with Crippen LogP contribution in [-0.2, 0) is 14.3 Å². The van der Waals surface area contributed by atoms with E-state index in [-0.39, 0.29) is 6.54 Å². The summed E-state index contributed by atoms with van der Waals surface area (Å²) < 4.78 is 4.24. The molecule has 0 fully saturated rings. The fourth-order valence-electron chi connectivity index (χ4n) is 0.654. The summed E-state index contributed by atoms with van der Waals surface area (Å²) in [5, 5.41) is 0. The molecule has 0 aromatic carbocycles. The lowest BCUT2D eigenvalue weighted by atomic mass is 10.4. The van der Waals surface area contributed by atoms with Gasteiger partial charge < -0.3 is 9.64 Å². The third kappa shape index (κ3) is 2.62. The quantitative estimate of drug-likeness (QED) is 0.322. The number of nitrogens with zero attached hydrogens (tertiary/aromatic N) is 1. The van der Waals surface area contributed by atoms with E-state index in [1.165, 1.54) is 4.90 Å². The molecule has 0 heterocycles. The molecule has 0 aromatic rings. The van der Waals surface area contributed by atoms with Crippen LogP contribution in [0.1, 0.15) is 6.92 Å². The number of esters is 1. The third-order valence-electron chi connectivity index (χ3n) is 1.31. The highest BCUT2D eigenvalue weighted by molar-refractivity contribution is 6.32. The molecule has 4 nitrogen and oxygen atoms in total. The Morgan fingerprint density at radius 1 is 1.58 bits per heavy atom. The van der Waals surface area contributed by atoms with Gasteiger partial charge in [0.15, 0.2) is 0 Å². The molecule has 0 N–H and O–H groups in total. The van der Waals surface area contributed by atoms with E-state index in [0.717, 1.165) is 7.11 Å². The van der Waals surface area contributed by atoms with Crippen LogP contribution in [0.2, 0.25) is 0 Å². The van der Waals surface area contributed by atoms with E-state index in [9.17, 15) is 9.59 Å². The molecule has 0 aliphatic heterocycles. The lowest BCUT2D eigenvalue weighted by Gasteiger charge is -2.15. The minimum absolute atomic E-state index is 0.129. The molecular formula is C8H11NO3. The third-order valence-corrected chi connectivity index (χ3v) is 1.31. The number of likely N-dealkylation sites (N-methyl/N-ethyl adjacent to an activating group) is 1. The number of carbonyl (C=O) groups is 2. The molecule has 0 unspecified atom stereocenters. The van der Waals surface area contributed by atoms with Crippen LogP contribution in [0.4, 0.5) is 0 Å². The first kappa shape index (κ1) is 10.5. The van der Waals surface area contributed by atoms with E-state index in [0.29, 0.717) is 6.54 Å². The number of ether oxygens (including phenoxy) is 1. The van der Waals surface area contributed by atoms with Crippen LogP contribution in [0.3, 0.4) is 0 Å². The van der Waals surface area contributed by atoms with Gasteiger partial charge in [-0.2, -0.15) is 0 Å². The van der Waals surface area contributed by atoms with Crippen LogP contribution in [-0.4, -0.2) is 37.0 Å². The maximum Gasteiger partial charge on any atom is 0.396 e. The largest absolute Gasteiger partial charge is 0.462 e. The molecule has 0 rings (SSSR count). The van der Waals surface area contributed by atoms with Gasteiger partial charge in [0.25, 0.3) is 0 Å². The van der Waals surface area contributed by atoms with Crippen molar-refractivity contribution in [3.05, 3.63) is 0 Å². The van der Waals surface area contributed by atoms with Crippen molar-refractivity contribution in [1.29, 1.82) is 0 Å². The molecule has 0 bridgehead atoms. The topological polar surface area (TPSA) is 46.6 Å². The zero-order valence-corrected chi connectivity index (χ0v) is 7.16. The Kier molecular flexibility index (Phi) is 4.54. The summed E-state index contributed by atoms with van der Waals surface area (Å²) in [4.78, 5) is 23.0. The number of terminal acetylenes is 1. The van der Waals surface area contributed by atoms with E-state index >= 15 is 0 Å². The SMILES string of the molecule is C#CCN(CC)C(=O)C(=O)OC. The van der Waals surface area contributed by atoms with E-state index in [1.54, 1.807) is 6.92 Å². The first-order valence-electron chi connectivity index (χ1n) is 3.48. The van der Waals surface area contributed by atoms with E-state index < -0.39 is 11.9 Å². The molecule has 0 radical (unpaired) electrons. The monoisotopic (exact) mass is 169 g/mol. The van der Waals surface area contributed by atoms with Crippen molar-refractivity contribution in [2.75, 3.05) is 20.2 Å². The van der Waals surface area contributed by atoms with Crippen LogP contribution in [0.5, 0.6) is 0 Å². The Morgan fingerprint density at radius 2 is 2.17 bits per heavy atom. The van der Waals surface area contributed by atoms with Crippen LogP contribution in [0.15, 0.2) is 0 Å². The molecule has 0 atom stereocenters. The van der Waals surface area contributed by atoms with Crippen molar-refractivity contribution < 1.29 is 14.3 Å². The zero-order valence-electron chi connectivity index (χ0n) is 7.16. The summed E-state index contributed by atoms with van der Waals surface area (Å²) in [6, 6.07) is 0. The smallest absolute Gasteiger partial charge is 0.396 e. The summed E-state index contributed by atoms with van der Waals surface area (Å²) in [5.41, 5.74) is 0. The number of carbonyl (C=O) groups excluding carboxylic acids is 2. The molecule has 0 spiro atoms. The summed E-state index contributed by atoms with van der Waals surface area (Å²) in [6.07, 6.45) is 4.99. The Labute approximate surface area is 71.5 Å². The van der Waals surface area contributed by atoms with Crippen molar-refractivity contribution in [3.8, 4) is 12.3 Å². The fraction of sp³-hybridized carbons (Fsp3) is 0.500. The van der Waals surface area contributed by atoms with E-state index in [1.807, 2.05) is 0 Å². The molecule has 0 saturated heterocycles. The number of hydrogen-bond donors (Lipinski definition) is 0. The van der Waals surface area contributed by atoms with Gasteiger partial charge in [0.05, 0.1) is 13.7 Å². The van der Waals surface area contributed by atoms with E-state index in [4.69, 9.17) is 6.42 Å². The normalized spacial score (nSPS) is 8.42. The van der Waals surface area contributed by atoms with Gasteiger partial charge in [-0.1, -0.05) is 5.92 Å². The highest BCUT2D eigenvalue weighted by Gasteiger charge is 2.19. The van der Waals surface area contributed by atoms with Gasteiger partial charge in [0.1, 0.15) is 0 Å². The molecule has 66 valence electrons. The zero-order chi connectivity index (χ0) is 9.56. The molecule has 0 aromatic heterocycles. The highest BCUT2D eigenvalue weighted by atomic mass is 16.5. The minimum atomic E-state index is -0.882. The number of methoxy groups -OCH3 is 1. The Morgan fingerprint density at radius 3 is 2.50 bits per heavy atom. The molecule has 0 aliphatic carbocycles. The fourth-order valence-corrected chi connectivity index (χ4v) is 0.654. The standard InChI is InChI=1S/C8H11NO3/c1-4-6-9(5-2)7(10)8(11)12-3/h1H,5-6H2,2-3H3. The average molecular weight is 169 g/mol. The molecule has 0 aliphatic rings. The number of hydrogen-bond acceptors (Lipinski definition) is 3. The van der Waals surface area contributed by atoms with Gasteiger partial charge in [0, 0.05) is 6.54 Å². The molecule has 12 heavy (non-hydrogen) atoms. The van der Waals surface area contributed by atoms with Gasteiger partial charge in [-0.05, 0) is 6.92 Å². The summed E-state index contributed by atoms with van der Waals surface area (Å²) in [7, 11) is 1.16. The maximum absolute atomic E-state index is 11.1. The van der Waals surface area contributed by atoms with Crippen molar-refractivity contribution in [1.82, 2.24) is 4.90 Å². The van der Waals surface area contributed by atoms with Crippen LogP contribution >= 0.6 is 0 Å². The predicted octanol–water partition coefficient (Wildman–Crippen LogP) is -0.359. The predicted molar refractivity (Wildman–Crippen MR) is 43.1 cm³/mol. The summed E-state index contributed by atoms with van der Waals surface area (Å²) in [5.74, 6) is 0.697. The molecule has 0 saturated carbocycles. The Hall–Kier alpha value is -1.50. The highest BCUT2D eigenvalue weighted by Crippen LogP contribution is 1.90. The van der Waals surface area contributed by atoms with Gasteiger partial charge in [-0.25, -0.2) is 4.79 Å². The lowest BCUT2D eigenvalue weighted by Crippen LogP contribution is -2.37. The number of rotatable bonds is 2. The number of amides is 1. The second-order valence-corrected chi connectivity index (χ2v) is 2.02. The first-order valence-corrected chi connectivity index (χ1v) is 3.48. The van der Waals surface area contributed by atoms with Crippen molar-refractivity contribution in [3.63, 3.8) is 0 Å². The van der Waals surface area contributed by atoms with Crippen LogP contribution < -0.4 is 0 Å². The van der Waals surface area contributed by atoms with Gasteiger partial charge in [-0.3, -0.25) is 4.79 Å². The van der Waals surface area contributed by atoms with Crippen molar-refractivity contribution >= 4 is 11.9 Å². The van der Waals surface area contributed by atoms with Gasteiger partial charge in [0.2, 0.25) is 0 Å². The first-order chi connectivity index (χ1) is 5.67. The maximum atomic E-state index is 11.1. The lowest BCUT2D eigenvalue weighted by molar-refractivity contribution is -0.157. The van der Waals surface area contributed by atoms with Gasteiger partial charge >= 0.3 is 11.9 Å². The molecule has 4 heteroatoms. The Bertz CT molecular complexity index is 217. The average Bonchev–Trinajstić information content (AvgIpc) is 2.11. The Balaban J connectivity index is 4.23. The van der Waals surface area contributed by atoms with E-state index in [2.05, 4.69) is 10.7 Å². The minimum Gasteiger partial charge on any atom is -0.462 e. The second kappa shape index (κ2) is 5.19. The van der Waals surface area contributed by atoms with Gasteiger partial charge in [-0.15, -0.1) is 6.42 Å². The van der Waals surface area contributed by atoms with Crippen LogP contribution in [0, 0.1) is 12.3 Å². The summed E-state index contributed by atoms with van der Waals surface area (Å²) in [6.45, 7) is 2.26. The van der Waals surface area contributed by atoms with Crippen LogP contribution in [0.25, 0.3) is 0 Å². The van der Waals surface area contributed by atoms with Crippen molar-refractivity contribution in [2.24, 2.45) is 0 Å². The second-order valence-electron chi connectivity index (χ2n) is 2.02. The summed E-state index contributed by atoms with van der Waals surface area (Å²) >= 11 is 0.